The van der Waals surface area contributed by atoms with Crippen molar-refractivity contribution in [3.8, 4) is 5.75 Å². The molecule has 0 spiro atoms. The van der Waals surface area contributed by atoms with Gasteiger partial charge in [-0.05, 0) is 19.4 Å². The van der Waals surface area contributed by atoms with Crippen LogP contribution >= 0.6 is 0 Å². The number of aromatic carboxylic acids is 1. The summed E-state index contributed by atoms with van der Waals surface area (Å²) in [6.45, 7) is 3.29. The Morgan fingerprint density at radius 2 is 2.05 bits per heavy atom. The monoisotopic (exact) mass is 311 g/mol. The number of Topliss-reactive ketones (excluding diaryl/α,β-unsaturated/α-hetero) is 1. The van der Waals surface area contributed by atoms with Crippen molar-refractivity contribution in [3.05, 3.63) is 33.4 Å². The second-order valence-corrected chi connectivity index (χ2v) is 4.50. The molecule has 0 bridgehead atoms. The van der Waals surface area contributed by atoms with Crippen LogP contribution in [0.2, 0.25) is 0 Å². The average Bonchev–Trinajstić information content (AvgIpc) is 2.46. The minimum absolute atomic E-state index is 0.0547. The Kier molecular flexibility index (Phi) is 6.00. The van der Waals surface area contributed by atoms with Crippen LogP contribution in [-0.4, -0.2) is 35.5 Å². The third-order valence-electron chi connectivity index (χ3n) is 2.93. The number of carboxylic acids is 1. The number of benzene rings is 1. The molecule has 0 radical (unpaired) electrons. The maximum atomic E-state index is 11.7. The molecule has 0 aliphatic heterocycles. The van der Waals surface area contributed by atoms with E-state index in [1.807, 2.05) is 6.92 Å². The number of carboxylic acid groups (broad SMARTS) is 1. The van der Waals surface area contributed by atoms with Gasteiger partial charge in [0.15, 0.2) is 11.5 Å². The highest BCUT2D eigenvalue weighted by Gasteiger charge is 2.33. The Labute approximate surface area is 126 Å². The van der Waals surface area contributed by atoms with E-state index in [0.29, 0.717) is 6.42 Å². The zero-order valence-corrected chi connectivity index (χ0v) is 12.5. The fraction of sp³-hybridized carbons (Fsp3) is 0.429. The topological polar surface area (TPSA) is 116 Å². The molecule has 0 saturated carbocycles. The number of carbonyl (C=O) groups is 2. The van der Waals surface area contributed by atoms with Gasteiger partial charge in [-0.15, -0.1) is 0 Å². The van der Waals surface area contributed by atoms with Crippen LogP contribution in [0.25, 0.3) is 0 Å². The van der Waals surface area contributed by atoms with Crippen LogP contribution < -0.4 is 4.74 Å². The minimum atomic E-state index is -1.52. The van der Waals surface area contributed by atoms with Crippen molar-refractivity contribution in [2.24, 2.45) is 0 Å². The van der Waals surface area contributed by atoms with Crippen molar-refractivity contribution >= 4 is 17.4 Å². The summed E-state index contributed by atoms with van der Waals surface area (Å²) in [7, 11) is 1.20. The number of hydrogen-bond acceptors (Lipinski definition) is 6. The lowest BCUT2D eigenvalue weighted by Crippen LogP contribution is -2.19. The molecule has 120 valence electrons. The quantitative estimate of drug-likeness (QED) is 0.578. The van der Waals surface area contributed by atoms with Crippen molar-refractivity contribution < 1.29 is 29.1 Å². The van der Waals surface area contributed by atoms with Crippen LogP contribution in [0, 0.1) is 10.1 Å². The van der Waals surface area contributed by atoms with Gasteiger partial charge in [-0.25, -0.2) is 4.79 Å². The molecule has 0 aliphatic rings. The Morgan fingerprint density at radius 3 is 2.45 bits per heavy atom. The van der Waals surface area contributed by atoms with Gasteiger partial charge in [0.05, 0.1) is 12.0 Å². The predicted octanol–water partition coefficient (Wildman–Crippen LogP) is 2.36. The van der Waals surface area contributed by atoms with E-state index in [9.17, 15) is 24.8 Å². The van der Waals surface area contributed by atoms with Gasteiger partial charge in [-0.1, -0.05) is 13.0 Å². The molecule has 1 N–H and O–H groups in total. The smallest absolute Gasteiger partial charge is 0.343 e. The number of carbonyl (C=O) groups excluding carboxylic acids is 1. The summed E-state index contributed by atoms with van der Waals surface area (Å²) in [6, 6.07) is 2.56. The summed E-state index contributed by atoms with van der Waals surface area (Å²) >= 11 is 0. The van der Waals surface area contributed by atoms with Crippen molar-refractivity contribution in [2.45, 2.75) is 26.4 Å². The molecule has 0 aliphatic carbocycles. The second-order valence-electron chi connectivity index (χ2n) is 4.50. The van der Waals surface area contributed by atoms with E-state index in [1.165, 1.54) is 26.2 Å². The first kappa shape index (κ1) is 17.6. The van der Waals surface area contributed by atoms with Crippen LogP contribution in [0.1, 0.15) is 42.3 Å². The first-order chi connectivity index (χ1) is 10.3. The zero-order chi connectivity index (χ0) is 16.9. The van der Waals surface area contributed by atoms with Gasteiger partial charge in [0.25, 0.3) is 0 Å². The van der Waals surface area contributed by atoms with E-state index in [1.54, 1.807) is 0 Å². The minimum Gasteiger partial charge on any atom is -0.490 e. The van der Waals surface area contributed by atoms with Crippen LogP contribution in [0.5, 0.6) is 5.75 Å². The summed E-state index contributed by atoms with van der Waals surface area (Å²) < 4.78 is 10.2. The number of methoxy groups -OCH3 is 1. The average molecular weight is 311 g/mol. The first-order valence-corrected chi connectivity index (χ1v) is 6.55. The maximum Gasteiger partial charge on any atom is 0.343 e. The Balaban J connectivity index is 3.59. The van der Waals surface area contributed by atoms with E-state index in [2.05, 4.69) is 0 Å². The number of nitro benzene ring substituents is 1. The van der Waals surface area contributed by atoms with E-state index in [-0.39, 0.29) is 17.9 Å². The van der Waals surface area contributed by atoms with E-state index in [0.717, 1.165) is 0 Å². The van der Waals surface area contributed by atoms with Crippen molar-refractivity contribution in [2.75, 3.05) is 13.7 Å². The van der Waals surface area contributed by atoms with Crippen LogP contribution in [0.15, 0.2) is 12.1 Å². The Morgan fingerprint density at radius 1 is 1.41 bits per heavy atom. The molecule has 8 nitrogen and oxygen atoms in total. The number of nitro groups is 1. The normalized spacial score (nSPS) is 11.8. The van der Waals surface area contributed by atoms with Crippen molar-refractivity contribution in [1.29, 1.82) is 0 Å². The Bertz CT molecular complexity index is 597. The highest BCUT2D eigenvalue weighted by Crippen LogP contribution is 2.37. The molecule has 1 unspecified atom stereocenters. The fourth-order valence-electron chi connectivity index (χ4n) is 2.04. The summed E-state index contributed by atoms with van der Waals surface area (Å²) in [5.41, 5.74) is -1.35. The summed E-state index contributed by atoms with van der Waals surface area (Å²) in [5, 5.41) is 20.5. The molecule has 1 aromatic carbocycles. The van der Waals surface area contributed by atoms with Crippen LogP contribution in [0.4, 0.5) is 5.69 Å². The highest BCUT2D eigenvalue weighted by atomic mass is 16.6. The van der Waals surface area contributed by atoms with Gasteiger partial charge >= 0.3 is 11.7 Å². The third-order valence-corrected chi connectivity index (χ3v) is 2.93. The van der Waals surface area contributed by atoms with Gasteiger partial charge in [0.1, 0.15) is 11.7 Å². The van der Waals surface area contributed by atoms with E-state index < -0.39 is 34.0 Å². The van der Waals surface area contributed by atoms with Gasteiger partial charge in [0.2, 0.25) is 0 Å². The molecule has 0 fully saturated rings. The maximum absolute atomic E-state index is 11.7. The van der Waals surface area contributed by atoms with Crippen LogP contribution in [-0.2, 0) is 9.53 Å². The number of ketones is 1. The molecule has 8 heteroatoms. The second kappa shape index (κ2) is 7.51. The largest absolute Gasteiger partial charge is 0.490 e. The summed E-state index contributed by atoms with van der Waals surface area (Å²) in [6.07, 6.45) is -0.555. The molecular formula is C14H17NO7. The van der Waals surface area contributed by atoms with E-state index >= 15 is 0 Å². The van der Waals surface area contributed by atoms with Crippen LogP contribution in [0.3, 0.4) is 0 Å². The van der Waals surface area contributed by atoms with Crippen molar-refractivity contribution in [3.63, 3.8) is 0 Å². The standard InChI is InChI=1S/C14H17NO7/c1-4-7-22-13(8(2)16)9-5-6-10(21-3)12(15(19)20)11(9)14(17)18/h5-6,13H,4,7H2,1-3H3,(H,17,18). The molecule has 1 aromatic rings. The fourth-order valence-corrected chi connectivity index (χ4v) is 2.04. The number of hydrogen-bond donors (Lipinski definition) is 1. The lowest BCUT2D eigenvalue weighted by molar-refractivity contribution is -0.386. The number of rotatable bonds is 8. The van der Waals surface area contributed by atoms with Gasteiger partial charge in [0, 0.05) is 12.2 Å². The summed E-state index contributed by atoms with van der Waals surface area (Å²) in [5.74, 6) is -2.15. The van der Waals surface area contributed by atoms with Crippen molar-refractivity contribution in [1.82, 2.24) is 0 Å². The number of nitrogens with zero attached hydrogens (tertiary/aromatic N) is 1. The zero-order valence-electron chi connectivity index (χ0n) is 12.5. The molecule has 0 heterocycles. The summed E-state index contributed by atoms with van der Waals surface area (Å²) in [4.78, 5) is 33.6. The molecule has 0 amide bonds. The van der Waals surface area contributed by atoms with E-state index in [4.69, 9.17) is 9.47 Å². The molecular weight excluding hydrogens is 294 g/mol. The molecule has 1 atom stereocenters. The lowest BCUT2D eigenvalue weighted by atomic mass is 9.97. The highest BCUT2D eigenvalue weighted by molar-refractivity contribution is 5.98. The molecule has 1 rings (SSSR count). The van der Waals surface area contributed by atoms with Gasteiger partial charge in [-0.2, -0.15) is 0 Å². The van der Waals surface area contributed by atoms with Gasteiger partial charge in [-0.3, -0.25) is 14.9 Å². The Hall–Kier alpha value is -2.48. The van der Waals surface area contributed by atoms with Gasteiger partial charge < -0.3 is 14.6 Å². The molecule has 0 aromatic heterocycles. The predicted molar refractivity (Wildman–Crippen MR) is 76.3 cm³/mol. The number of ether oxygens (including phenoxy) is 2. The first-order valence-electron chi connectivity index (χ1n) is 6.55. The third kappa shape index (κ3) is 3.59. The molecule has 22 heavy (non-hydrogen) atoms. The molecule has 0 saturated heterocycles. The lowest BCUT2D eigenvalue weighted by Gasteiger charge is -2.18. The SMILES string of the molecule is CCCOC(C(C)=O)c1ccc(OC)c([N+](=O)[O-])c1C(=O)O.